The van der Waals surface area contributed by atoms with E-state index < -0.39 is 0 Å². The van der Waals surface area contributed by atoms with Crippen LogP contribution < -0.4 is 0 Å². The molecule has 0 saturated carbocycles. The minimum atomic E-state index is -0.00877. The fourth-order valence-corrected chi connectivity index (χ4v) is 3.75. The van der Waals surface area contributed by atoms with E-state index in [4.69, 9.17) is 6.57 Å². The van der Waals surface area contributed by atoms with Crippen molar-refractivity contribution in [3.8, 4) is 23.0 Å². The molecule has 5 heteroatoms. The summed E-state index contributed by atoms with van der Waals surface area (Å²) in [7, 11) is 0. The van der Waals surface area contributed by atoms with E-state index in [0.29, 0.717) is 5.69 Å². The number of hydrogen-bond acceptors (Lipinski definition) is 3. The number of nitriles is 1. The van der Waals surface area contributed by atoms with Gasteiger partial charge in [-0.05, 0) is 24.3 Å². The normalized spacial score (nSPS) is 10.7. The van der Waals surface area contributed by atoms with Gasteiger partial charge in [-0.25, -0.2) is 0 Å². The van der Waals surface area contributed by atoms with Crippen molar-refractivity contribution in [1.29, 1.82) is 5.26 Å². The highest BCUT2D eigenvalue weighted by atomic mass is 15.0. The number of rotatable bonds is 2. The molecule has 134 valence electrons. The van der Waals surface area contributed by atoms with Crippen molar-refractivity contribution in [2.75, 3.05) is 0 Å². The van der Waals surface area contributed by atoms with Gasteiger partial charge in [0.25, 0.3) is 5.82 Å². The molecule has 0 aliphatic rings. The Labute approximate surface area is 166 Å². The average molecular weight is 371 g/mol. The zero-order valence-electron chi connectivity index (χ0n) is 15.2. The van der Waals surface area contributed by atoms with Crippen molar-refractivity contribution in [1.82, 2.24) is 14.5 Å². The van der Waals surface area contributed by atoms with Gasteiger partial charge in [0.2, 0.25) is 0 Å². The van der Waals surface area contributed by atoms with Crippen LogP contribution in [0.2, 0.25) is 0 Å². The minimum absolute atomic E-state index is 0.00877. The van der Waals surface area contributed by atoms with E-state index >= 15 is 0 Å². The van der Waals surface area contributed by atoms with Crippen LogP contribution >= 0.6 is 0 Å². The predicted octanol–water partition coefficient (Wildman–Crippen LogP) is 5.66. The third kappa shape index (κ3) is 2.62. The number of nitrogens with zero attached hydrogens (tertiary/aromatic N) is 5. The molecule has 0 fully saturated rings. The fraction of sp³-hybridized carbons (Fsp3) is 0. The van der Waals surface area contributed by atoms with Gasteiger partial charge in [0, 0.05) is 16.3 Å². The van der Waals surface area contributed by atoms with E-state index in [1.165, 1.54) is 10.8 Å². The molecule has 0 radical (unpaired) electrons. The summed E-state index contributed by atoms with van der Waals surface area (Å²) < 4.78 is 2.20. The number of hydrogen-bond donors (Lipinski definition) is 0. The zero-order chi connectivity index (χ0) is 19.8. The highest BCUT2D eigenvalue weighted by Crippen LogP contribution is 2.35. The molecule has 0 spiro atoms. The monoisotopic (exact) mass is 371 g/mol. The summed E-state index contributed by atoms with van der Waals surface area (Å²) in [5, 5.41) is 11.6. The van der Waals surface area contributed by atoms with Gasteiger partial charge in [0.15, 0.2) is 6.07 Å². The molecule has 2 heterocycles. The summed E-state index contributed by atoms with van der Waals surface area (Å²) in [5.74, 6) is 0.147. The van der Waals surface area contributed by atoms with Gasteiger partial charge in [-0.2, -0.15) is 10.2 Å². The Hall–Kier alpha value is -4.48. The number of fused-ring (bicyclic) bond motifs is 3. The molecular weight excluding hydrogens is 358 g/mol. The zero-order valence-corrected chi connectivity index (χ0v) is 15.2. The van der Waals surface area contributed by atoms with Gasteiger partial charge in [-0.1, -0.05) is 66.2 Å². The van der Waals surface area contributed by atoms with Crippen molar-refractivity contribution in [2.45, 2.75) is 0 Å². The third-order valence-electron chi connectivity index (χ3n) is 4.93. The Morgan fingerprint density at radius 2 is 1.45 bits per heavy atom. The molecule has 0 aliphatic carbocycles. The maximum absolute atomic E-state index is 9.28. The average Bonchev–Trinajstić information content (AvgIpc) is 3.13. The summed E-state index contributed by atoms with van der Waals surface area (Å²) in [6.45, 7) is 7.30. The fourth-order valence-electron chi connectivity index (χ4n) is 3.75. The van der Waals surface area contributed by atoms with Gasteiger partial charge >= 0.3 is 5.82 Å². The van der Waals surface area contributed by atoms with Gasteiger partial charge in [0.1, 0.15) is 0 Å². The summed E-state index contributed by atoms with van der Waals surface area (Å²) in [6.07, 6.45) is 0. The molecule has 3 aromatic carbocycles. The lowest BCUT2D eigenvalue weighted by molar-refractivity contribution is 1.12. The molecule has 0 bridgehead atoms. The maximum atomic E-state index is 9.28. The summed E-state index contributed by atoms with van der Waals surface area (Å²) in [5.41, 5.74) is 4.49. The first-order valence-electron chi connectivity index (χ1n) is 9.05. The standard InChI is InChI=1S/C24H13N5/c1-26-23-14-19(27-24(15-25)28-23)18-10-4-7-13-22(18)29-20-11-5-2-8-16(20)17-9-3-6-12-21(17)29/h2-14H. The van der Waals surface area contributed by atoms with E-state index in [1.54, 1.807) is 6.07 Å². The lowest BCUT2D eigenvalue weighted by Crippen LogP contribution is -1.99. The summed E-state index contributed by atoms with van der Waals surface area (Å²) >= 11 is 0. The van der Waals surface area contributed by atoms with Crippen LogP contribution in [-0.2, 0) is 0 Å². The predicted molar refractivity (Wildman–Crippen MR) is 113 cm³/mol. The van der Waals surface area contributed by atoms with Crippen LogP contribution in [0.25, 0.3) is 43.6 Å². The Morgan fingerprint density at radius 1 is 0.828 bits per heavy atom. The Balaban J connectivity index is 1.88. The van der Waals surface area contributed by atoms with Crippen LogP contribution in [0, 0.1) is 17.9 Å². The number of benzene rings is 3. The van der Waals surface area contributed by atoms with Crippen LogP contribution in [0.4, 0.5) is 5.82 Å². The van der Waals surface area contributed by atoms with E-state index in [0.717, 1.165) is 22.3 Å². The largest absolute Gasteiger partial charge is 0.360 e. The molecule has 0 atom stereocenters. The Bertz CT molecular complexity index is 1400. The lowest BCUT2D eigenvalue weighted by Gasteiger charge is -2.13. The topological polar surface area (TPSA) is 58.9 Å². The first-order valence-corrected chi connectivity index (χ1v) is 9.05. The van der Waals surface area contributed by atoms with E-state index in [1.807, 2.05) is 54.6 Å². The van der Waals surface area contributed by atoms with Crippen LogP contribution in [-0.4, -0.2) is 14.5 Å². The van der Waals surface area contributed by atoms with Gasteiger partial charge in [-0.3, -0.25) is 0 Å². The van der Waals surface area contributed by atoms with Crippen molar-refractivity contribution < 1.29 is 0 Å². The number of para-hydroxylation sites is 3. The second-order valence-electron chi connectivity index (χ2n) is 6.55. The van der Waals surface area contributed by atoms with Crippen molar-refractivity contribution in [2.24, 2.45) is 0 Å². The SMILES string of the molecule is [C-]#[N+]c1cc(-c2ccccc2-n2c3ccccc3c3ccccc32)nc(C#N)n1. The highest BCUT2D eigenvalue weighted by molar-refractivity contribution is 6.09. The van der Waals surface area contributed by atoms with Crippen LogP contribution in [0.15, 0.2) is 78.9 Å². The molecule has 2 aromatic heterocycles. The molecule has 5 aromatic rings. The van der Waals surface area contributed by atoms with E-state index in [9.17, 15) is 5.26 Å². The first kappa shape index (κ1) is 16.7. The van der Waals surface area contributed by atoms with Gasteiger partial charge in [-0.15, -0.1) is 0 Å². The van der Waals surface area contributed by atoms with Crippen molar-refractivity contribution in [3.63, 3.8) is 0 Å². The Kier molecular flexibility index (Phi) is 3.79. The lowest BCUT2D eigenvalue weighted by atomic mass is 10.1. The Morgan fingerprint density at radius 3 is 2.10 bits per heavy atom. The maximum Gasteiger partial charge on any atom is 0.326 e. The van der Waals surface area contributed by atoms with E-state index in [2.05, 4.69) is 43.6 Å². The molecule has 0 N–H and O–H groups in total. The van der Waals surface area contributed by atoms with Gasteiger partial charge in [0.05, 0.1) is 22.4 Å². The van der Waals surface area contributed by atoms with Crippen LogP contribution in [0.3, 0.4) is 0 Å². The molecule has 0 saturated heterocycles. The molecule has 29 heavy (non-hydrogen) atoms. The highest BCUT2D eigenvalue weighted by Gasteiger charge is 2.17. The summed E-state index contributed by atoms with van der Waals surface area (Å²) in [4.78, 5) is 11.7. The quantitative estimate of drug-likeness (QED) is 0.376. The molecule has 5 nitrogen and oxygen atoms in total. The van der Waals surface area contributed by atoms with E-state index in [-0.39, 0.29) is 11.6 Å². The number of aromatic nitrogens is 3. The molecule has 0 unspecified atom stereocenters. The third-order valence-corrected chi connectivity index (χ3v) is 4.93. The molecule has 0 aliphatic heterocycles. The van der Waals surface area contributed by atoms with Gasteiger partial charge < -0.3 is 9.41 Å². The summed E-state index contributed by atoms with van der Waals surface area (Å²) in [6, 6.07) is 28.0. The minimum Gasteiger partial charge on any atom is -0.360 e. The van der Waals surface area contributed by atoms with Crippen molar-refractivity contribution >= 4 is 27.6 Å². The second kappa shape index (κ2) is 6.60. The van der Waals surface area contributed by atoms with Crippen LogP contribution in [0.1, 0.15) is 5.82 Å². The second-order valence-corrected chi connectivity index (χ2v) is 6.55. The molecule has 0 amide bonds. The smallest absolute Gasteiger partial charge is 0.326 e. The first-order chi connectivity index (χ1) is 14.3. The molecular formula is C24H13N5. The molecule has 5 rings (SSSR count). The van der Waals surface area contributed by atoms with Crippen molar-refractivity contribution in [3.05, 3.63) is 96.1 Å². The van der Waals surface area contributed by atoms with Crippen LogP contribution in [0.5, 0.6) is 0 Å².